The van der Waals surface area contributed by atoms with Gasteiger partial charge in [0.25, 0.3) is 5.91 Å². The van der Waals surface area contributed by atoms with Gasteiger partial charge in [0.15, 0.2) is 0 Å². The maximum atomic E-state index is 10.8. The van der Waals surface area contributed by atoms with Gasteiger partial charge in [0.05, 0.1) is 3.58 Å². The fourth-order valence-electron chi connectivity index (χ4n) is 0.475. The van der Waals surface area contributed by atoms with Crippen molar-refractivity contribution in [1.29, 1.82) is 0 Å². The second kappa shape index (κ2) is 5.91. The number of halogens is 1. The van der Waals surface area contributed by atoms with E-state index in [2.05, 4.69) is 11.9 Å². The monoisotopic (exact) mass is 269 g/mol. The first-order valence-electron chi connectivity index (χ1n) is 3.31. The number of amides is 1. The fourth-order valence-corrected chi connectivity index (χ4v) is 1.02. The zero-order valence-corrected chi connectivity index (χ0v) is 10.3. The Balaban J connectivity index is 3.31. The summed E-state index contributed by atoms with van der Waals surface area (Å²) in [5, 5.41) is 2.76. The molecular weight excluding hydrogens is 257 g/mol. The maximum absolute atomic E-state index is 10.8. The highest BCUT2D eigenvalue weighted by atomic mass is 127. The van der Waals surface area contributed by atoms with E-state index in [4.69, 9.17) is 0 Å². The Bertz CT molecular complexity index is 138. The van der Waals surface area contributed by atoms with Gasteiger partial charge in [-0.2, -0.15) is 0 Å². The molecule has 0 spiro atoms. The minimum Gasteiger partial charge on any atom is -0.352 e. The molecule has 0 heterocycles. The third kappa shape index (κ3) is 4.98. The molecule has 0 aromatic heterocycles. The second-order valence-corrected chi connectivity index (χ2v) is 4.32. The Hall–Kier alpha value is 0.157. The summed E-state index contributed by atoms with van der Waals surface area (Å²) in [4.78, 5) is 10.8. The van der Waals surface area contributed by atoms with Crippen LogP contribution in [0.25, 0.3) is 0 Å². The highest BCUT2D eigenvalue weighted by Gasteiger charge is 1.99. The standard InChI is InChI=1S/C6H12INOSi/c1-5(7)6(9)8-3-2-4-10/h1-4H2,10H3,(H,8,9). The molecule has 0 aliphatic carbocycles. The van der Waals surface area contributed by atoms with Crippen LogP contribution in [0.4, 0.5) is 0 Å². The predicted octanol–water partition coefficient (Wildman–Crippen LogP) is 0.225. The molecule has 2 nitrogen and oxygen atoms in total. The average Bonchev–Trinajstić information content (AvgIpc) is 1.88. The van der Waals surface area contributed by atoms with E-state index in [1.54, 1.807) is 0 Å². The number of hydrogen-bond acceptors (Lipinski definition) is 1. The molecule has 0 aliphatic heterocycles. The van der Waals surface area contributed by atoms with E-state index in [-0.39, 0.29) is 5.91 Å². The van der Waals surface area contributed by atoms with E-state index in [9.17, 15) is 4.79 Å². The van der Waals surface area contributed by atoms with Crippen molar-refractivity contribution < 1.29 is 4.79 Å². The quantitative estimate of drug-likeness (QED) is 0.336. The molecule has 10 heavy (non-hydrogen) atoms. The molecule has 0 unspecified atom stereocenters. The molecule has 1 N–H and O–H groups in total. The van der Waals surface area contributed by atoms with E-state index in [1.807, 2.05) is 22.6 Å². The Morgan fingerprint density at radius 2 is 2.30 bits per heavy atom. The topological polar surface area (TPSA) is 29.1 Å². The minimum atomic E-state index is -0.0317. The number of hydrogen-bond donors (Lipinski definition) is 1. The average molecular weight is 269 g/mol. The predicted molar refractivity (Wildman–Crippen MR) is 55.5 cm³/mol. The Morgan fingerprint density at radius 1 is 1.70 bits per heavy atom. The van der Waals surface area contributed by atoms with Crippen LogP contribution in [0.15, 0.2) is 10.2 Å². The maximum Gasteiger partial charge on any atom is 0.256 e. The van der Waals surface area contributed by atoms with Crippen molar-refractivity contribution in [2.45, 2.75) is 12.5 Å². The van der Waals surface area contributed by atoms with Crippen molar-refractivity contribution in [1.82, 2.24) is 5.32 Å². The van der Waals surface area contributed by atoms with Gasteiger partial charge in [-0.05, 0) is 29.0 Å². The SMILES string of the molecule is C=C(I)C(=O)NCCC[SiH3]. The molecule has 0 aromatic carbocycles. The largest absolute Gasteiger partial charge is 0.352 e. The lowest BCUT2D eigenvalue weighted by molar-refractivity contribution is -0.116. The number of nitrogens with one attached hydrogen (secondary N) is 1. The highest BCUT2D eigenvalue weighted by molar-refractivity contribution is 14.1. The Kier molecular flexibility index (Phi) is 6.00. The molecule has 0 bridgehead atoms. The van der Waals surface area contributed by atoms with E-state index in [1.165, 1.54) is 16.3 Å². The Labute approximate surface area is 78.0 Å². The number of carbonyl (C=O) groups excluding carboxylic acids is 1. The summed E-state index contributed by atoms with van der Waals surface area (Å²) in [7, 11) is 1.22. The van der Waals surface area contributed by atoms with E-state index in [0.717, 1.165) is 13.0 Å². The van der Waals surface area contributed by atoms with Crippen LogP contribution in [-0.2, 0) is 4.79 Å². The molecule has 58 valence electrons. The smallest absolute Gasteiger partial charge is 0.256 e. The summed E-state index contributed by atoms with van der Waals surface area (Å²) in [6, 6.07) is 1.24. The first kappa shape index (κ1) is 10.2. The fraction of sp³-hybridized carbons (Fsp3) is 0.500. The van der Waals surface area contributed by atoms with Gasteiger partial charge < -0.3 is 5.32 Å². The van der Waals surface area contributed by atoms with Gasteiger partial charge in [-0.1, -0.05) is 12.6 Å². The molecule has 0 radical (unpaired) electrons. The van der Waals surface area contributed by atoms with Crippen LogP contribution in [0.2, 0.25) is 6.04 Å². The van der Waals surface area contributed by atoms with Gasteiger partial charge >= 0.3 is 0 Å². The first-order chi connectivity index (χ1) is 4.68. The summed E-state index contributed by atoms with van der Waals surface area (Å²) in [6.07, 6.45) is 1.10. The lowest BCUT2D eigenvalue weighted by Crippen LogP contribution is -2.23. The van der Waals surface area contributed by atoms with Crippen LogP contribution < -0.4 is 5.32 Å². The van der Waals surface area contributed by atoms with Crippen LogP contribution in [0.5, 0.6) is 0 Å². The van der Waals surface area contributed by atoms with Crippen molar-refractivity contribution in [3.05, 3.63) is 10.2 Å². The molecule has 1 amide bonds. The molecule has 0 saturated carbocycles. The van der Waals surface area contributed by atoms with Crippen LogP contribution >= 0.6 is 22.6 Å². The number of carbonyl (C=O) groups is 1. The van der Waals surface area contributed by atoms with Crippen molar-refractivity contribution in [2.75, 3.05) is 6.54 Å². The number of rotatable bonds is 4. The van der Waals surface area contributed by atoms with Crippen molar-refractivity contribution in [2.24, 2.45) is 0 Å². The summed E-state index contributed by atoms with van der Waals surface area (Å²) in [5.74, 6) is -0.0317. The molecule has 0 aromatic rings. The van der Waals surface area contributed by atoms with Gasteiger partial charge in [0.2, 0.25) is 0 Å². The molecule has 0 atom stereocenters. The zero-order valence-electron chi connectivity index (χ0n) is 6.11. The van der Waals surface area contributed by atoms with Gasteiger partial charge in [-0.3, -0.25) is 4.79 Å². The van der Waals surface area contributed by atoms with Gasteiger partial charge in [-0.25, -0.2) is 0 Å². The molecule has 0 fully saturated rings. The van der Waals surface area contributed by atoms with Crippen LogP contribution in [-0.4, -0.2) is 22.7 Å². The Morgan fingerprint density at radius 3 is 2.70 bits per heavy atom. The molecule has 0 aliphatic rings. The molecular formula is C6H12INOSi. The van der Waals surface area contributed by atoms with Crippen LogP contribution in [0.1, 0.15) is 6.42 Å². The van der Waals surface area contributed by atoms with E-state index >= 15 is 0 Å². The minimum absolute atomic E-state index is 0.0317. The van der Waals surface area contributed by atoms with Crippen molar-refractivity contribution in [3.8, 4) is 0 Å². The van der Waals surface area contributed by atoms with Crippen LogP contribution in [0, 0.1) is 0 Å². The van der Waals surface area contributed by atoms with Gasteiger partial charge in [-0.15, -0.1) is 0 Å². The summed E-state index contributed by atoms with van der Waals surface area (Å²) in [6.45, 7) is 4.31. The third-order valence-corrected chi connectivity index (χ3v) is 2.26. The lowest BCUT2D eigenvalue weighted by atomic mass is 10.4. The van der Waals surface area contributed by atoms with E-state index < -0.39 is 0 Å². The summed E-state index contributed by atoms with van der Waals surface area (Å²) < 4.78 is 0.561. The van der Waals surface area contributed by atoms with Crippen LogP contribution in [0.3, 0.4) is 0 Å². The lowest BCUT2D eigenvalue weighted by Gasteiger charge is -2.00. The van der Waals surface area contributed by atoms with Gasteiger partial charge in [0.1, 0.15) is 0 Å². The van der Waals surface area contributed by atoms with Gasteiger partial charge in [0, 0.05) is 16.8 Å². The highest BCUT2D eigenvalue weighted by Crippen LogP contribution is 1.99. The summed E-state index contributed by atoms with van der Waals surface area (Å²) in [5.41, 5.74) is 0. The third-order valence-electron chi connectivity index (χ3n) is 1.06. The molecule has 0 saturated heterocycles. The molecule has 0 rings (SSSR count). The zero-order chi connectivity index (χ0) is 7.98. The second-order valence-electron chi connectivity index (χ2n) is 2.01. The van der Waals surface area contributed by atoms with Crippen molar-refractivity contribution in [3.63, 3.8) is 0 Å². The first-order valence-corrected chi connectivity index (χ1v) is 5.80. The molecule has 4 heteroatoms. The normalized spacial score (nSPS) is 9.30. The van der Waals surface area contributed by atoms with Crippen molar-refractivity contribution >= 4 is 38.7 Å². The van der Waals surface area contributed by atoms with E-state index in [0.29, 0.717) is 3.58 Å². The summed E-state index contributed by atoms with van der Waals surface area (Å²) >= 11 is 1.92.